The molecule has 0 radical (unpaired) electrons. The standard InChI is InChI=1S/C17H28N2O4S/c1-4-14-7-5-6-11-19(14)12-10-18-24(20,21)15-8-9-16(22-2)17(13-15)23-3/h8-9,13-14,18H,4-7,10-12H2,1-3H3. The molecule has 1 aromatic rings. The number of nitrogens with zero attached hydrogens (tertiary/aromatic N) is 1. The summed E-state index contributed by atoms with van der Waals surface area (Å²) >= 11 is 0. The molecule has 1 unspecified atom stereocenters. The number of nitrogens with one attached hydrogen (secondary N) is 1. The van der Waals surface area contributed by atoms with Crippen LogP contribution < -0.4 is 14.2 Å². The number of hydrogen-bond donors (Lipinski definition) is 1. The average molecular weight is 356 g/mol. The van der Waals surface area contributed by atoms with Crippen LogP contribution in [0.2, 0.25) is 0 Å². The molecule has 24 heavy (non-hydrogen) atoms. The predicted octanol–water partition coefficient (Wildman–Crippen LogP) is 2.25. The lowest BCUT2D eigenvalue weighted by molar-refractivity contribution is 0.147. The second kappa shape index (κ2) is 8.69. The maximum Gasteiger partial charge on any atom is 0.240 e. The van der Waals surface area contributed by atoms with E-state index >= 15 is 0 Å². The van der Waals surface area contributed by atoms with Gasteiger partial charge in [-0.05, 0) is 37.9 Å². The first-order chi connectivity index (χ1) is 11.5. The van der Waals surface area contributed by atoms with Crippen LogP contribution in [0, 0.1) is 0 Å². The van der Waals surface area contributed by atoms with Crippen molar-refractivity contribution in [1.29, 1.82) is 0 Å². The molecule has 0 bridgehead atoms. The molecule has 2 rings (SSSR count). The molecule has 1 aliphatic heterocycles. The van der Waals surface area contributed by atoms with Gasteiger partial charge in [-0.1, -0.05) is 13.3 Å². The number of rotatable bonds is 8. The van der Waals surface area contributed by atoms with Crippen molar-refractivity contribution >= 4 is 10.0 Å². The van der Waals surface area contributed by atoms with Crippen molar-refractivity contribution in [3.63, 3.8) is 0 Å². The number of ether oxygens (including phenoxy) is 2. The minimum atomic E-state index is -3.56. The van der Waals surface area contributed by atoms with E-state index in [-0.39, 0.29) is 4.90 Å². The van der Waals surface area contributed by atoms with E-state index in [2.05, 4.69) is 16.5 Å². The second-order valence-electron chi connectivity index (χ2n) is 6.01. The van der Waals surface area contributed by atoms with Crippen molar-refractivity contribution in [2.24, 2.45) is 0 Å². The third kappa shape index (κ3) is 4.62. The molecule has 1 fully saturated rings. The molecule has 1 N–H and O–H groups in total. The molecule has 1 atom stereocenters. The molecule has 0 amide bonds. The van der Waals surface area contributed by atoms with Crippen LogP contribution in [0.25, 0.3) is 0 Å². The van der Waals surface area contributed by atoms with Crippen LogP contribution in [0.4, 0.5) is 0 Å². The van der Waals surface area contributed by atoms with Gasteiger partial charge in [-0.3, -0.25) is 4.90 Å². The summed E-state index contributed by atoms with van der Waals surface area (Å²) in [6.07, 6.45) is 4.78. The fourth-order valence-electron chi connectivity index (χ4n) is 3.21. The van der Waals surface area contributed by atoms with Crippen LogP contribution in [0.15, 0.2) is 23.1 Å². The van der Waals surface area contributed by atoms with Crippen molar-refractivity contribution < 1.29 is 17.9 Å². The maximum atomic E-state index is 12.5. The smallest absolute Gasteiger partial charge is 0.240 e. The van der Waals surface area contributed by atoms with Crippen molar-refractivity contribution in [3.05, 3.63) is 18.2 Å². The first-order valence-corrected chi connectivity index (χ1v) is 9.96. The van der Waals surface area contributed by atoms with E-state index in [0.29, 0.717) is 24.1 Å². The lowest BCUT2D eigenvalue weighted by Crippen LogP contribution is -2.43. The largest absolute Gasteiger partial charge is 0.493 e. The molecular formula is C17H28N2O4S. The van der Waals surface area contributed by atoms with E-state index in [1.807, 2.05) is 0 Å². The fourth-order valence-corrected chi connectivity index (χ4v) is 4.24. The molecule has 7 heteroatoms. The quantitative estimate of drug-likeness (QED) is 0.774. The highest BCUT2D eigenvalue weighted by molar-refractivity contribution is 7.89. The first-order valence-electron chi connectivity index (χ1n) is 8.47. The molecule has 6 nitrogen and oxygen atoms in total. The number of sulfonamides is 1. The molecule has 0 aliphatic carbocycles. The molecule has 0 spiro atoms. The highest BCUT2D eigenvalue weighted by atomic mass is 32.2. The zero-order valence-electron chi connectivity index (χ0n) is 14.7. The Hall–Kier alpha value is -1.31. The van der Waals surface area contributed by atoms with Crippen LogP contribution in [0.1, 0.15) is 32.6 Å². The first kappa shape index (κ1) is 19.0. The monoisotopic (exact) mass is 356 g/mol. The predicted molar refractivity (Wildman–Crippen MR) is 94.2 cm³/mol. The van der Waals surface area contributed by atoms with E-state index in [9.17, 15) is 8.42 Å². The molecular weight excluding hydrogens is 328 g/mol. The van der Waals surface area contributed by atoms with E-state index in [1.54, 1.807) is 6.07 Å². The van der Waals surface area contributed by atoms with Gasteiger partial charge in [0.1, 0.15) is 0 Å². The van der Waals surface area contributed by atoms with Gasteiger partial charge in [-0.15, -0.1) is 0 Å². The summed E-state index contributed by atoms with van der Waals surface area (Å²) in [6.45, 7) is 4.39. The maximum absolute atomic E-state index is 12.5. The summed E-state index contributed by atoms with van der Waals surface area (Å²) in [7, 11) is -0.545. The van der Waals surface area contributed by atoms with E-state index in [1.165, 1.54) is 45.6 Å². The summed E-state index contributed by atoms with van der Waals surface area (Å²) < 4.78 is 37.9. The zero-order chi connectivity index (χ0) is 17.6. The Balaban J connectivity index is 1.98. The molecule has 1 heterocycles. The van der Waals surface area contributed by atoms with Gasteiger partial charge in [0.05, 0.1) is 19.1 Å². The van der Waals surface area contributed by atoms with Gasteiger partial charge in [0.15, 0.2) is 11.5 Å². The van der Waals surface area contributed by atoms with Gasteiger partial charge >= 0.3 is 0 Å². The van der Waals surface area contributed by atoms with E-state index < -0.39 is 10.0 Å². The lowest BCUT2D eigenvalue weighted by atomic mass is 10.0. The van der Waals surface area contributed by atoms with Crippen molar-refractivity contribution in [1.82, 2.24) is 9.62 Å². The van der Waals surface area contributed by atoms with Crippen molar-refractivity contribution in [2.45, 2.75) is 43.5 Å². The van der Waals surface area contributed by atoms with Crippen LogP contribution in [0.5, 0.6) is 11.5 Å². The Morgan fingerprint density at radius 3 is 2.62 bits per heavy atom. The summed E-state index contributed by atoms with van der Waals surface area (Å²) in [5.74, 6) is 0.915. The van der Waals surface area contributed by atoms with Gasteiger partial charge in [0.25, 0.3) is 0 Å². The molecule has 1 aliphatic rings. The molecule has 0 saturated carbocycles. The van der Waals surface area contributed by atoms with Crippen molar-refractivity contribution in [2.75, 3.05) is 33.9 Å². The molecule has 1 saturated heterocycles. The Kier molecular flexibility index (Phi) is 6.89. The van der Waals surface area contributed by atoms with Gasteiger partial charge in [0, 0.05) is 25.2 Å². The van der Waals surface area contributed by atoms with Gasteiger partial charge in [-0.2, -0.15) is 0 Å². The highest BCUT2D eigenvalue weighted by Gasteiger charge is 2.22. The summed E-state index contributed by atoms with van der Waals surface area (Å²) in [5.41, 5.74) is 0. The topological polar surface area (TPSA) is 67.9 Å². The summed E-state index contributed by atoms with van der Waals surface area (Å²) in [6, 6.07) is 5.19. The number of hydrogen-bond acceptors (Lipinski definition) is 5. The number of piperidine rings is 1. The normalized spacial score (nSPS) is 19.2. The Morgan fingerprint density at radius 2 is 1.96 bits per heavy atom. The average Bonchev–Trinajstić information content (AvgIpc) is 2.61. The second-order valence-corrected chi connectivity index (χ2v) is 7.78. The van der Waals surface area contributed by atoms with Crippen LogP contribution in [0.3, 0.4) is 0 Å². The van der Waals surface area contributed by atoms with Crippen LogP contribution in [-0.4, -0.2) is 53.2 Å². The highest BCUT2D eigenvalue weighted by Crippen LogP contribution is 2.29. The fraction of sp³-hybridized carbons (Fsp3) is 0.647. The molecule has 136 valence electrons. The number of methoxy groups -OCH3 is 2. The third-order valence-electron chi connectivity index (χ3n) is 4.58. The number of likely N-dealkylation sites (tertiary alicyclic amines) is 1. The summed E-state index contributed by atoms with van der Waals surface area (Å²) in [5, 5.41) is 0. The van der Waals surface area contributed by atoms with Crippen molar-refractivity contribution in [3.8, 4) is 11.5 Å². The SMILES string of the molecule is CCC1CCCCN1CCNS(=O)(=O)c1ccc(OC)c(OC)c1. The minimum absolute atomic E-state index is 0.186. The van der Waals surface area contributed by atoms with Gasteiger partial charge < -0.3 is 9.47 Å². The van der Waals surface area contributed by atoms with Gasteiger partial charge in [0.2, 0.25) is 10.0 Å². The number of benzene rings is 1. The summed E-state index contributed by atoms with van der Waals surface area (Å²) in [4.78, 5) is 2.58. The lowest BCUT2D eigenvalue weighted by Gasteiger charge is -2.35. The van der Waals surface area contributed by atoms with Gasteiger partial charge in [-0.25, -0.2) is 13.1 Å². The van der Waals surface area contributed by atoms with E-state index in [4.69, 9.17) is 9.47 Å². The Labute approximate surface area is 145 Å². The third-order valence-corrected chi connectivity index (χ3v) is 6.04. The Morgan fingerprint density at radius 1 is 1.21 bits per heavy atom. The van der Waals surface area contributed by atoms with Crippen LogP contribution in [-0.2, 0) is 10.0 Å². The minimum Gasteiger partial charge on any atom is -0.493 e. The zero-order valence-corrected chi connectivity index (χ0v) is 15.6. The molecule has 1 aromatic carbocycles. The van der Waals surface area contributed by atoms with E-state index in [0.717, 1.165) is 19.5 Å². The van der Waals surface area contributed by atoms with Crippen LogP contribution >= 0.6 is 0 Å². The Bertz CT molecular complexity index is 633. The molecule has 0 aromatic heterocycles.